The van der Waals surface area contributed by atoms with E-state index in [0.717, 1.165) is 38.3 Å². The molecule has 1 N–H and O–H groups in total. The fourth-order valence-electron chi connectivity index (χ4n) is 3.34. The van der Waals surface area contributed by atoms with Crippen LogP contribution in [0.4, 0.5) is 10.2 Å². The smallest absolute Gasteiger partial charge is 0.213 e. The lowest BCUT2D eigenvalue weighted by molar-refractivity contribution is 0.0567. The van der Waals surface area contributed by atoms with Gasteiger partial charge in [0, 0.05) is 37.1 Å². The summed E-state index contributed by atoms with van der Waals surface area (Å²) >= 11 is 6.11. The number of anilines is 1. The summed E-state index contributed by atoms with van der Waals surface area (Å²) in [5, 5.41) is 3.89. The minimum Gasteiger partial charge on any atom is -0.381 e. The molecule has 2 aromatic rings. The topological polar surface area (TPSA) is 47.0 Å². The van der Waals surface area contributed by atoms with Crippen molar-refractivity contribution in [3.05, 3.63) is 41.4 Å². The highest BCUT2D eigenvalue weighted by atomic mass is 35.5. The maximum absolute atomic E-state index is 13.4. The number of hydrogen-bond acceptors (Lipinski definition) is 4. The van der Waals surface area contributed by atoms with Gasteiger partial charge in [0.25, 0.3) is 0 Å². The van der Waals surface area contributed by atoms with Crippen molar-refractivity contribution in [1.82, 2.24) is 9.97 Å². The van der Waals surface area contributed by atoms with Crippen LogP contribution in [-0.2, 0) is 4.74 Å². The first-order valence-corrected chi connectivity index (χ1v) is 8.17. The van der Waals surface area contributed by atoms with E-state index in [-0.39, 0.29) is 0 Å². The molecule has 1 aliphatic carbocycles. The van der Waals surface area contributed by atoms with Gasteiger partial charge in [0.05, 0.1) is 10.7 Å². The first kappa shape index (κ1) is 14.8. The first-order valence-electron chi connectivity index (χ1n) is 7.79. The Kier molecular flexibility index (Phi) is 3.70. The molecule has 2 aromatic heterocycles. The monoisotopic (exact) mass is 333 g/mol. The molecule has 1 saturated carbocycles. The van der Waals surface area contributed by atoms with Crippen LogP contribution in [-0.4, -0.2) is 29.2 Å². The Balaban J connectivity index is 1.54. The molecule has 4 nitrogen and oxygen atoms in total. The highest BCUT2D eigenvalue weighted by Crippen LogP contribution is 2.54. The molecule has 1 saturated heterocycles. The minimum absolute atomic E-state index is 0.371. The summed E-state index contributed by atoms with van der Waals surface area (Å²) in [7, 11) is 0. The quantitative estimate of drug-likeness (QED) is 0.865. The molecular formula is C17H17ClFN3O. The van der Waals surface area contributed by atoms with Gasteiger partial charge < -0.3 is 10.1 Å². The molecule has 0 bridgehead atoms. The van der Waals surface area contributed by atoms with E-state index in [1.807, 2.05) is 18.2 Å². The number of pyridine rings is 2. The fraction of sp³-hybridized carbons (Fsp3) is 0.412. The SMILES string of the molecule is Fc1cc(-c2cccc(N[C@@H]3CC34CCOCC4)n2)c(Cl)cn1. The lowest BCUT2D eigenvalue weighted by Crippen LogP contribution is -2.23. The van der Waals surface area contributed by atoms with Gasteiger partial charge in [-0.2, -0.15) is 4.39 Å². The second kappa shape index (κ2) is 5.73. The number of ether oxygens (including phenoxy) is 1. The molecule has 0 radical (unpaired) electrons. The predicted molar refractivity (Wildman–Crippen MR) is 86.9 cm³/mol. The predicted octanol–water partition coefficient (Wildman–Crippen LogP) is 3.92. The van der Waals surface area contributed by atoms with E-state index in [2.05, 4.69) is 15.3 Å². The summed E-state index contributed by atoms with van der Waals surface area (Å²) in [5.74, 6) is 0.233. The molecule has 2 fully saturated rings. The number of nitrogens with zero attached hydrogens (tertiary/aromatic N) is 2. The normalized spacial score (nSPS) is 22.1. The van der Waals surface area contributed by atoms with Gasteiger partial charge in [-0.05, 0) is 36.8 Å². The molecule has 0 unspecified atom stereocenters. The lowest BCUT2D eigenvalue weighted by atomic mass is 9.96. The number of rotatable bonds is 3. The van der Waals surface area contributed by atoms with Crippen molar-refractivity contribution < 1.29 is 9.13 Å². The third-order valence-corrected chi connectivity index (χ3v) is 5.15. The van der Waals surface area contributed by atoms with Gasteiger partial charge in [0.15, 0.2) is 0 Å². The Hall–Kier alpha value is -1.72. The van der Waals surface area contributed by atoms with Crippen LogP contribution < -0.4 is 5.32 Å². The van der Waals surface area contributed by atoms with E-state index in [9.17, 15) is 4.39 Å². The molecule has 1 atom stereocenters. The molecule has 0 aromatic carbocycles. The van der Waals surface area contributed by atoms with E-state index in [0.29, 0.717) is 27.7 Å². The van der Waals surface area contributed by atoms with Gasteiger partial charge in [-0.25, -0.2) is 9.97 Å². The van der Waals surface area contributed by atoms with Gasteiger partial charge >= 0.3 is 0 Å². The van der Waals surface area contributed by atoms with Crippen molar-refractivity contribution in [2.75, 3.05) is 18.5 Å². The van der Waals surface area contributed by atoms with Crippen molar-refractivity contribution in [3.8, 4) is 11.3 Å². The van der Waals surface area contributed by atoms with Crippen LogP contribution in [0.5, 0.6) is 0 Å². The first-order chi connectivity index (χ1) is 11.2. The number of aromatic nitrogens is 2. The molecule has 120 valence electrons. The van der Waals surface area contributed by atoms with Crippen molar-refractivity contribution >= 4 is 17.4 Å². The second-order valence-electron chi connectivity index (χ2n) is 6.27. The largest absolute Gasteiger partial charge is 0.381 e. The summed E-state index contributed by atoms with van der Waals surface area (Å²) in [6.45, 7) is 1.69. The molecule has 1 aliphatic heterocycles. The Morgan fingerprint density at radius 3 is 2.96 bits per heavy atom. The third kappa shape index (κ3) is 2.91. The number of hydrogen-bond donors (Lipinski definition) is 1. The van der Waals surface area contributed by atoms with E-state index in [1.54, 1.807) is 0 Å². The summed E-state index contributed by atoms with van der Waals surface area (Å²) in [4.78, 5) is 8.13. The molecule has 0 amide bonds. The van der Waals surface area contributed by atoms with E-state index in [4.69, 9.17) is 16.3 Å². The maximum Gasteiger partial charge on any atom is 0.213 e. The lowest BCUT2D eigenvalue weighted by Gasteiger charge is -2.23. The van der Waals surface area contributed by atoms with Crippen LogP contribution in [0.3, 0.4) is 0 Å². The van der Waals surface area contributed by atoms with Crippen LogP contribution in [0.15, 0.2) is 30.5 Å². The summed E-state index contributed by atoms with van der Waals surface area (Å²) < 4.78 is 18.8. The third-order valence-electron chi connectivity index (χ3n) is 4.85. The van der Waals surface area contributed by atoms with Gasteiger partial charge in [0.2, 0.25) is 5.95 Å². The molecule has 1 spiro atoms. The maximum atomic E-state index is 13.4. The van der Waals surface area contributed by atoms with Crippen molar-refractivity contribution in [3.63, 3.8) is 0 Å². The van der Waals surface area contributed by atoms with E-state index < -0.39 is 5.95 Å². The molecule has 2 aliphatic rings. The van der Waals surface area contributed by atoms with Crippen LogP contribution in [0.2, 0.25) is 5.02 Å². The van der Waals surface area contributed by atoms with Crippen LogP contribution in [0.1, 0.15) is 19.3 Å². The Morgan fingerprint density at radius 1 is 1.30 bits per heavy atom. The van der Waals surface area contributed by atoms with E-state index >= 15 is 0 Å². The standard InChI is InChI=1S/C17H17ClFN3O/c18-12-10-20-15(19)8-11(12)13-2-1-3-16(21-13)22-14-9-17(14)4-6-23-7-5-17/h1-3,8,10,14H,4-7,9H2,(H,21,22)/t14-/m1/s1. The fourth-order valence-corrected chi connectivity index (χ4v) is 3.54. The zero-order valence-corrected chi connectivity index (χ0v) is 13.3. The molecular weight excluding hydrogens is 317 g/mol. The van der Waals surface area contributed by atoms with Crippen LogP contribution in [0.25, 0.3) is 11.3 Å². The highest BCUT2D eigenvalue weighted by molar-refractivity contribution is 6.33. The zero-order chi connectivity index (χ0) is 15.9. The number of nitrogens with one attached hydrogen (secondary N) is 1. The van der Waals surface area contributed by atoms with E-state index in [1.165, 1.54) is 12.3 Å². The van der Waals surface area contributed by atoms with Gasteiger partial charge in [-0.1, -0.05) is 17.7 Å². The molecule has 4 rings (SSSR count). The number of halogens is 2. The summed E-state index contributed by atoms with van der Waals surface area (Å²) in [6, 6.07) is 7.41. The minimum atomic E-state index is -0.562. The van der Waals surface area contributed by atoms with Crippen molar-refractivity contribution in [1.29, 1.82) is 0 Å². The van der Waals surface area contributed by atoms with Crippen molar-refractivity contribution in [2.45, 2.75) is 25.3 Å². The average Bonchev–Trinajstić information content (AvgIpc) is 3.21. The molecule has 6 heteroatoms. The van der Waals surface area contributed by atoms with Crippen LogP contribution >= 0.6 is 11.6 Å². The highest BCUT2D eigenvalue weighted by Gasteiger charge is 2.54. The van der Waals surface area contributed by atoms with Gasteiger partial charge in [-0.15, -0.1) is 0 Å². The Labute approximate surface area is 139 Å². The van der Waals surface area contributed by atoms with Crippen LogP contribution in [0, 0.1) is 11.4 Å². The van der Waals surface area contributed by atoms with Crippen molar-refractivity contribution in [2.24, 2.45) is 5.41 Å². The Morgan fingerprint density at radius 2 is 2.13 bits per heavy atom. The summed E-state index contributed by atoms with van der Waals surface area (Å²) in [5.41, 5.74) is 1.57. The average molecular weight is 334 g/mol. The van der Waals surface area contributed by atoms with Gasteiger partial charge in [0.1, 0.15) is 5.82 Å². The molecule has 23 heavy (non-hydrogen) atoms. The molecule has 3 heterocycles. The summed E-state index contributed by atoms with van der Waals surface area (Å²) in [6.07, 6.45) is 4.68. The second-order valence-corrected chi connectivity index (χ2v) is 6.68. The zero-order valence-electron chi connectivity index (χ0n) is 12.6. The Bertz CT molecular complexity index is 734. The van der Waals surface area contributed by atoms with Gasteiger partial charge in [-0.3, -0.25) is 0 Å².